The molecular formula is C47H68Cl2N2O13. The molecule has 2 aromatic rings. The Labute approximate surface area is 387 Å². The summed E-state index contributed by atoms with van der Waals surface area (Å²) in [4.78, 5) is 62.6. The Hall–Kier alpha value is -3.83. The van der Waals surface area contributed by atoms with Gasteiger partial charge in [-0.2, -0.15) is 0 Å². The van der Waals surface area contributed by atoms with Gasteiger partial charge >= 0.3 is 11.9 Å². The number of halogens is 2. The van der Waals surface area contributed by atoms with Crippen LogP contribution in [0.3, 0.4) is 0 Å². The second kappa shape index (κ2) is 27.6. The van der Waals surface area contributed by atoms with Gasteiger partial charge in [0, 0.05) is 38.5 Å². The molecule has 2 aromatic carbocycles. The van der Waals surface area contributed by atoms with Crippen LogP contribution in [-0.4, -0.2) is 102 Å². The summed E-state index contributed by atoms with van der Waals surface area (Å²) in [5.41, 5.74) is 1.53. The number of ether oxygens (including phenoxy) is 5. The number of amides is 2. The fourth-order valence-electron chi connectivity index (χ4n) is 7.39. The average Bonchev–Trinajstić information content (AvgIpc) is 3.25. The van der Waals surface area contributed by atoms with E-state index in [2.05, 4.69) is 10.6 Å². The first-order chi connectivity index (χ1) is 30.4. The minimum absolute atomic E-state index is 0.0165. The Morgan fingerprint density at radius 3 is 2.11 bits per heavy atom. The van der Waals surface area contributed by atoms with Crippen molar-refractivity contribution in [3.8, 4) is 5.75 Å². The molecule has 17 heteroatoms. The van der Waals surface area contributed by atoms with Crippen LogP contribution in [0.4, 0.5) is 0 Å². The molecule has 2 amide bonds. The smallest absolute Gasteiger partial charge is 0.309 e. The number of nitrogens with one attached hydrogen (secondary N) is 2. The Kier molecular flexibility index (Phi) is 23.5. The summed E-state index contributed by atoms with van der Waals surface area (Å²) in [5.74, 6) is -1.67. The molecule has 0 bridgehead atoms. The van der Waals surface area contributed by atoms with Crippen molar-refractivity contribution in [3.63, 3.8) is 0 Å². The lowest BCUT2D eigenvalue weighted by molar-refractivity contribution is -0.261. The zero-order valence-electron chi connectivity index (χ0n) is 38.1. The number of methoxy groups -OCH3 is 2. The molecule has 358 valence electrons. The van der Waals surface area contributed by atoms with E-state index in [4.69, 9.17) is 46.9 Å². The lowest BCUT2D eigenvalue weighted by Gasteiger charge is -2.41. The number of esters is 2. The standard InChI is InChI=1S/C47H68Cl2N2O13/c1-29-34(44(58)51-40-42(57)41(56)36(27-52)63-46(40)61-6)25-35(48)43(39(29)49)62-28-31-18-16-17-30(23-31)26-50-37(54)22-15-10-8-7-9-13-20-33(53)21-14-11-12-19-32(45(59)60-5)24-38(55)64-47(2,3)4/h16-18,23,25,32,36,40-42,46,52,56-57H,7-15,19-22,24,26-28H2,1-6H3,(H,50,54)(H,51,58)/t32-,36-,40-,41-,42-,46+/m1/s1. The number of Topliss-reactive ketones (excluding diaryl/α,β-unsaturated/α-hetero) is 1. The minimum atomic E-state index is -1.49. The maximum Gasteiger partial charge on any atom is 0.309 e. The summed E-state index contributed by atoms with van der Waals surface area (Å²) < 4.78 is 26.9. The van der Waals surface area contributed by atoms with Gasteiger partial charge in [-0.1, -0.05) is 86.0 Å². The van der Waals surface area contributed by atoms with Gasteiger partial charge in [-0.25, -0.2) is 0 Å². The monoisotopic (exact) mass is 938 g/mol. The van der Waals surface area contributed by atoms with Gasteiger partial charge in [-0.15, -0.1) is 0 Å². The Morgan fingerprint density at radius 2 is 1.48 bits per heavy atom. The van der Waals surface area contributed by atoms with Crippen LogP contribution in [0.15, 0.2) is 30.3 Å². The van der Waals surface area contributed by atoms with Crippen molar-refractivity contribution in [2.24, 2.45) is 5.92 Å². The molecule has 5 N–H and O–H groups in total. The Morgan fingerprint density at radius 1 is 0.859 bits per heavy atom. The van der Waals surface area contributed by atoms with Crippen molar-refractivity contribution in [2.75, 3.05) is 20.8 Å². The molecule has 1 heterocycles. The molecule has 0 radical (unpaired) electrons. The van der Waals surface area contributed by atoms with Crippen molar-refractivity contribution < 1.29 is 63.0 Å². The van der Waals surface area contributed by atoms with Gasteiger partial charge in [0.15, 0.2) is 12.0 Å². The number of unbranched alkanes of at least 4 members (excludes halogenated alkanes) is 7. The molecule has 0 saturated carbocycles. The molecule has 1 fully saturated rings. The van der Waals surface area contributed by atoms with Crippen LogP contribution >= 0.6 is 23.2 Å². The van der Waals surface area contributed by atoms with Crippen LogP contribution < -0.4 is 15.4 Å². The third kappa shape index (κ3) is 18.2. The number of benzene rings is 2. The molecule has 1 saturated heterocycles. The van der Waals surface area contributed by atoms with E-state index in [-0.39, 0.29) is 46.1 Å². The highest BCUT2D eigenvalue weighted by Gasteiger charge is 2.45. The van der Waals surface area contributed by atoms with Crippen molar-refractivity contribution in [3.05, 3.63) is 62.6 Å². The first-order valence-electron chi connectivity index (χ1n) is 22.1. The van der Waals surface area contributed by atoms with Crippen LogP contribution in [-0.2, 0) is 51.3 Å². The first kappa shape index (κ1) is 54.5. The van der Waals surface area contributed by atoms with Gasteiger partial charge in [0.2, 0.25) is 5.91 Å². The SMILES string of the molecule is COC(=O)[C@H](CCCCCC(=O)CCCCCCCCC(=O)NCc1cccc(COc2c(Cl)cc(C(=O)N[C@H]3[C@@H](OC)O[C@H](CO)[C@@H](O)[C@@H]3O)c(C)c2Cl)c1)CC(=O)OC(C)(C)C. The molecule has 0 spiro atoms. The van der Waals surface area contributed by atoms with E-state index in [9.17, 15) is 39.3 Å². The van der Waals surface area contributed by atoms with Crippen LogP contribution in [0.1, 0.15) is 138 Å². The van der Waals surface area contributed by atoms with Crippen LogP contribution in [0.2, 0.25) is 10.0 Å². The van der Waals surface area contributed by atoms with Crippen LogP contribution in [0.25, 0.3) is 0 Å². The van der Waals surface area contributed by atoms with E-state index in [0.717, 1.165) is 68.9 Å². The lowest BCUT2D eigenvalue weighted by atomic mass is 9.96. The van der Waals surface area contributed by atoms with E-state index in [1.807, 2.05) is 24.3 Å². The maximum atomic E-state index is 13.3. The number of hydrogen-bond acceptors (Lipinski definition) is 13. The third-order valence-electron chi connectivity index (χ3n) is 10.9. The fraction of sp³-hybridized carbons (Fsp3) is 0.638. The molecule has 0 unspecified atom stereocenters. The van der Waals surface area contributed by atoms with Gasteiger partial charge in [-0.05, 0) is 76.1 Å². The highest BCUT2D eigenvalue weighted by Crippen LogP contribution is 2.38. The molecule has 0 aromatic heterocycles. The van der Waals surface area contributed by atoms with Crippen molar-refractivity contribution >= 4 is 52.7 Å². The van der Waals surface area contributed by atoms with E-state index in [1.165, 1.54) is 20.3 Å². The predicted octanol–water partition coefficient (Wildman–Crippen LogP) is 6.84. The van der Waals surface area contributed by atoms with E-state index >= 15 is 0 Å². The highest BCUT2D eigenvalue weighted by molar-refractivity contribution is 6.38. The quantitative estimate of drug-likeness (QED) is 0.0459. The molecule has 1 aliphatic heterocycles. The van der Waals surface area contributed by atoms with Gasteiger partial charge < -0.3 is 49.6 Å². The summed E-state index contributed by atoms with van der Waals surface area (Å²) in [6.45, 7) is 6.85. The number of hydrogen-bond donors (Lipinski definition) is 5. The summed E-state index contributed by atoms with van der Waals surface area (Å²) in [6.07, 6.45) is 4.53. The van der Waals surface area contributed by atoms with Gasteiger partial charge in [0.25, 0.3) is 5.91 Å². The Bertz CT molecular complexity index is 1840. The lowest BCUT2D eigenvalue weighted by Crippen LogP contribution is -2.64. The summed E-state index contributed by atoms with van der Waals surface area (Å²) in [6, 6.07) is 7.75. The van der Waals surface area contributed by atoms with Crippen molar-refractivity contribution in [1.29, 1.82) is 0 Å². The van der Waals surface area contributed by atoms with E-state index in [0.29, 0.717) is 37.8 Å². The van der Waals surface area contributed by atoms with Gasteiger partial charge in [-0.3, -0.25) is 24.0 Å². The molecule has 3 rings (SSSR count). The Balaban J connectivity index is 1.30. The topological polar surface area (TPSA) is 216 Å². The van der Waals surface area contributed by atoms with E-state index < -0.39 is 66.6 Å². The molecule has 6 atom stereocenters. The second-order valence-corrected chi connectivity index (χ2v) is 18.1. The second-order valence-electron chi connectivity index (χ2n) is 17.3. The largest absolute Gasteiger partial charge is 0.486 e. The normalized spacial score (nSPS) is 19.1. The van der Waals surface area contributed by atoms with Crippen LogP contribution in [0.5, 0.6) is 5.75 Å². The fourth-order valence-corrected chi connectivity index (χ4v) is 7.95. The predicted molar refractivity (Wildman–Crippen MR) is 241 cm³/mol. The molecule has 1 aliphatic rings. The minimum Gasteiger partial charge on any atom is -0.486 e. The highest BCUT2D eigenvalue weighted by atomic mass is 35.5. The zero-order valence-corrected chi connectivity index (χ0v) is 39.6. The van der Waals surface area contributed by atoms with Crippen molar-refractivity contribution in [2.45, 2.75) is 167 Å². The summed E-state index contributed by atoms with van der Waals surface area (Å²) >= 11 is 13.2. The van der Waals surface area contributed by atoms with Crippen LogP contribution in [0, 0.1) is 12.8 Å². The molecule has 15 nitrogen and oxygen atoms in total. The van der Waals surface area contributed by atoms with E-state index in [1.54, 1.807) is 27.7 Å². The molecule has 64 heavy (non-hydrogen) atoms. The third-order valence-corrected chi connectivity index (χ3v) is 11.7. The zero-order chi connectivity index (χ0) is 47.4. The van der Waals surface area contributed by atoms with Gasteiger partial charge in [0.05, 0.1) is 36.1 Å². The number of rotatable bonds is 27. The number of ketones is 1. The van der Waals surface area contributed by atoms with Gasteiger partial charge in [0.1, 0.15) is 42.3 Å². The first-order valence-corrected chi connectivity index (χ1v) is 22.9. The molecular weight excluding hydrogens is 871 g/mol. The van der Waals surface area contributed by atoms with Crippen molar-refractivity contribution in [1.82, 2.24) is 10.6 Å². The average molecular weight is 940 g/mol. The molecule has 0 aliphatic carbocycles. The summed E-state index contributed by atoms with van der Waals surface area (Å²) in [7, 11) is 2.62. The number of aliphatic hydroxyl groups is 3. The number of aliphatic hydroxyl groups excluding tert-OH is 3. The number of carbonyl (C=O) groups excluding carboxylic acids is 5. The maximum absolute atomic E-state index is 13.3. The number of carbonyl (C=O) groups is 5. The summed E-state index contributed by atoms with van der Waals surface area (Å²) in [5, 5.41) is 36.2.